The van der Waals surface area contributed by atoms with Crippen LogP contribution in [0.1, 0.15) is 34.0 Å². The molecule has 2 aromatic heterocycles. The minimum atomic E-state index is -0.130. The van der Waals surface area contributed by atoms with Gasteiger partial charge in [-0.3, -0.25) is 9.59 Å². The Morgan fingerprint density at radius 2 is 1.93 bits per heavy atom. The molecule has 0 spiro atoms. The summed E-state index contributed by atoms with van der Waals surface area (Å²) in [7, 11) is 0. The van der Waals surface area contributed by atoms with Gasteiger partial charge in [-0.1, -0.05) is 24.3 Å². The smallest absolute Gasteiger partial charge is 0.276 e. The van der Waals surface area contributed by atoms with E-state index in [-0.39, 0.29) is 17.7 Å². The molecule has 2 amide bonds. The molecule has 4 rings (SSSR count). The molecule has 0 saturated carbocycles. The second-order valence-corrected chi connectivity index (χ2v) is 8.51. The zero-order valence-electron chi connectivity index (χ0n) is 17.0. The summed E-state index contributed by atoms with van der Waals surface area (Å²) >= 11 is 1.70. The molecule has 3 heterocycles. The molecule has 1 aromatic carbocycles. The van der Waals surface area contributed by atoms with Gasteiger partial charge in [0.15, 0.2) is 5.69 Å². The fraction of sp³-hybridized carbons (Fsp3) is 0.348. The molecule has 0 atom stereocenters. The van der Waals surface area contributed by atoms with Crippen molar-refractivity contribution in [2.75, 3.05) is 19.6 Å². The van der Waals surface area contributed by atoms with Crippen molar-refractivity contribution in [3.05, 3.63) is 64.2 Å². The maximum Gasteiger partial charge on any atom is 0.276 e. The zero-order chi connectivity index (χ0) is 20.9. The molecule has 1 N–H and O–H groups in total. The standard InChI is InChI=1S/C23H25N3O3S/c1-16-20(25-22(29-16)18-6-3-2-4-7-18)23(28)26-13-10-17(11-14-26)21(27)24-12-9-19-8-5-15-30-19/h2-8,15,17H,9-14H2,1H3,(H,24,27). The molecule has 1 aliphatic heterocycles. The number of carbonyl (C=O) groups is 2. The number of nitrogens with one attached hydrogen (secondary N) is 1. The van der Waals surface area contributed by atoms with Gasteiger partial charge in [0.25, 0.3) is 5.91 Å². The van der Waals surface area contributed by atoms with E-state index in [9.17, 15) is 9.59 Å². The molecule has 7 heteroatoms. The van der Waals surface area contributed by atoms with Crippen LogP contribution in [0, 0.1) is 12.8 Å². The number of aryl methyl sites for hydroxylation is 1. The fourth-order valence-corrected chi connectivity index (χ4v) is 4.41. The van der Waals surface area contributed by atoms with E-state index < -0.39 is 0 Å². The van der Waals surface area contributed by atoms with Crippen LogP contribution in [0.4, 0.5) is 0 Å². The summed E-state index contributed by atoms with van der Waals surface area (Å²) < 4.78 is 5.73. The number of piperidine rings is 1. The summed E-state index contributed by atoms with van der Waals surface area (Å²) in [4.78, 5) is 32.9. The van der Waals surface area contributed by atoms with Gasteiger partial charge >= 0.3 is 0 Å². The van der Waals surface area contributed by atoms with Crippen LogP contribution in [-0.2, 0) is 11.2 Å². The highest BCUT2D eigenvalue weighted by Gasteiger charge is 2.30. The number of hydrogen-bond donors (Lipinski definition) is 1. The molecule has 0 aliphatic carbocycles. The van der Waals surface area contributed by atoms with Crippen LogP contribution in [0.3, 0.4) is 0 Å². The number of amides is 2. The number of aromatic nitrogens is 1. The van der Waals surface area contributed by atoms with Gasteiger partial charge in [-0.15, -0.1) is 11.3 Å². The van der Waals surface area contributed by atoms with Crippen molar-refractivity contribution < 1.29 is 14.0 Å². The third kappa shape index (κ3) is 4.62. The largest absolute Gasteiger partial charge is 0.441 e. The summed E-state index contributed by atoms with van der Waals surface area (Å²) in [6.07, 6.45) is 2.19. The van der Waals surface area contributed by atoms with Crippen molar-refractivity contribution in [2.45, 2.75) is 26.2 Å². The van der Waals surface area contributed by atoms with Crippen molar-refractivity contribution in [3.8, 4) is 11.5 Å². The Labute approximate surface area is 179 Å². The first-order chi connectivity index (χ1) is 14.6. The number of oxazole rings is 1. The Morgan fingerprint density at radius 1 is 1.17 bits per heavy atom. The minimum absolute atomic E-state index is 0.0457. The van der Waals surface area contributed by atoms with Gasteiger partial charge in [-0.25, -0.2) is 4.98 Å². The Hall–Kier alpha value is -2.93. The molecular weight excluding hydrogens is 398 g/mol. The van der Waals surface area contributed by atoms with Crippen LogP contribution in [0.2, 0.25) is 0 Å². The molecule has 3 aromatic rings. The predicted octanol–water partition coefficient (Wildman–Crippen LogP) is 3.92. The highest BCUT2D eigenvalue weighted by molar-refractivity contribution is 7.09. The van der Waals surface area contributed by atoms with Gasteiger partial charge in [0.05, 0.1) is 0 Å². The minimum Gasteiger partial charge on any atom is -0.441 e. The predicted molar refractivity (Wildman–Crippen MR) is 116 cm³/mol. The Bertz CT molecular complexity index is 990. The lowest BCUT2D eigenvalue weighted by molar-refractivity contribution is -0.126. The number of benzene rings is 1. The van der Waals surface area contributed by atoms with Gasteiger partial charge in [-0.2, -0.15) is 0 Å². The van der Waals surface area contributed by atoms with Crippen molar-refractivity contribution in [2.24, 2.45) is 5.92 Å². The lowest BCUT2D eigenvalue weighted by Crippen LogP contribution is -2.43. The van der Waals surface area contributed by atoms with Gasteiger partial charge in [-0.05, 0) is 49.8 Å². The third-order valence-electron chi connectivity index (χ3n) is 5.42. The lowest BCUT2D eigenvalue weighted by atomic mass is 9.95. The number of thiophene rings is 1. The van der Waals surface area contributed by atoms with E-state index in [2.05, 4.69) is 16.4 Å². The third-order valence-corrected chi connectivity index (χ3v) is 6.36. The number of carbonyl (C=O) groups excluding carboxylic acids is 2. The molecular formula is C23H25N3O3S. The maximum absolute atomic E-state index is 12.9. The van der Waals surface area contributed by atoms with Crippen LogP contribution in [0.25, 0.3) is 11.5 Å². The topological polar surface area (TPSA) is 75.4 Å². The quantitative estimate of drug-likeness (QED) is 0.652. The second kappa shape index (κ2) is 9.26. The first-order valence-corrected chi connectivity index (χ1v) is 11.1. The van der Waals surface area contributed by atoms with Crippen LogP contribution >= 0.6 is 11.3 Å². The average Bonchev–Trinajstić information content (AvgIpc) is 3.44. The number of hydrogen-bond acceptors (Lipinski definition) is 5. The fourth-order valence-electron chi connectivity index (χ4n) is 3.70. The maximum atomic E-state index is 12.9. The van der Waals surface area contributed by atoms with Crippen LogP contribution in [-0.4, -0.2) is 41.3 Å². The van der Waals surface area contributed by atoms with E-state index in [4.69, 9.17) is 4.42 Å². The molecule has 6 nitrogen and oxygen atoms in total. The lowest BCUT2D eigenvalue weighted by Gasteiger charge is -2.31. The second-order valence-electron chi connectivity index (χ2n) is 7.48. The van der Waals surface area contributed by atoms with Gasteiger partial charge in [0, 0.05) is 36.0 Å². The average molecular weight is 424 g/mol. The van der Waals surface area contributed by atoms with Gasteiger partial charge < -0.3 is 14.6 Å². The normalized spacial score (nSPS) is 14.6. The Morgan fingerprint density at radius 3 is 2.63 bits per heavy atom. The molecule has 30 heavy (non-hydrogen) atoms. The highest BCUT2D eigenvalue weighted by Crippen LogP contribution is 2.24. The van der Waals surface area contributed by atoms with Crippen molar-refractivity contribution in [3.63, 3.8) is 0 Å². The highest BCUT2D eigenvalue weighted by atomic mass is 32.1. The van der Waals surface area contributed by atoms with E-state index in [1.165, 1.54) is 4.88 Å². The monoisotopic (exact) mass is 423 g/mol. The Kier molecular flexibility index (Phi) is 6.28. The van der Waals surface area contributed by atoms with E-state index in [1.54, 1.807) is 23.2 Å². The number of nitrogens with zero attached hydrogens (tertiary/aromatic N) is 2. The van der Waals surface area contributed by atoms with Gasteiger partial charge in [0.2, 0.25) is 11.8 Å². The summed E-state index contributed by atoms with van der Waals surface area (Å²) in [5.41, 5.74) is 1.20. The van der Waals surface area contributed by atoms with Gasteiger partial charge in [0.1, 0.15) is 5.76 Å². The van der Waals surface area contributed by atoms with Crippen LogP contribution in [0.15, 0.2) is 52.3 Å². The molecule has 1 fully saturated rings. The molecule has 0 bridgehead atoms. The summed E-state index contributed by atoms with van der Waals surface area (Å²) in [5.74, 6) is 0.886. The number of likely N-dealkylation sites (tertiary alicyclic amines) is 1. The van der Waals surface area contributed by atoms with Crippen molar-refractivity contribution in [1.29, 1.82) is 0 Å². The number of rotatable bonds is 6. The summed E-state index contributed by atoms with van der Waals surface area (Å²) in [5, 5.41) is 5.08. The first kappa shape index (κ1) is 20.3. The summed E-state index contributed by atoms with van der Waals surface area (Å²) in [6.45, 7) is 3.52. The zero-order valence-corrected chi connectivity index (χ0v) is 17.8. The molecule has 1 saturated heterocycles. The molecule has 156 valence electrons. The molecule has 0 radical (unpaired) electrons. The SMILES string of the molecule is Cc1oc(-c2ccccc2)nc1C(=O)N1CCC(C(=O)NCCc2cccs2)CC1. The summed E-state index contributed by atoms with van der Waals surface area (Å²) in [6, 6.07) is 13.7. The Balaban J connectivity index is 1.30. The van der Waals surface area contributed by atoms with Crippen LogP contribution in [0.5, 0.6) is 0 Å². The van der Waals surface area contributed by atoms with Crippen molar-refractivity contribution in [1.82, 2.24) is 15.2 Å². The van der Waals surface area contributed by atoms with Crippen molar-refractivity contribution >= 4 is 23.2 Å². The van der Waals surface area contributed by atoms with E-state index in [1.807, 2.05) is 41.8 Å². The molecule has 1 aliphatic rings. The van der Waals surface area contributed by atoms with Crippen LogP contribution < -0.4 is 5.32 Å². The molecule has 0 unspecified atom stereocenters. The van der Waals surface area contributed by atoms with E-state index >= 15 is 0 Å². The van der Waals surface area contributed by atoms with E-state index in [0.717, 1.165) is 12.0 Å². The first-order valence-electron chi connectivity index (χ1n) is 10.2. The van der Waals surface area contributed by atoms with E-state index in [0.29, 0.717) is 49.8 Å².